The van der Waals surface area contributed by atoms with Crippen molar-refractivity contribution >= 4 is 23.9 Å². The van der Waals surface area contributed by atoms with Gasteiger partial charge in [0.25, 0.3) is 0 Å². The van der Waals surface area contributed by atoms with E-state index in [-0.39, 0.29) is 35.7 Å². The van der Waals surface area contributed by atoms with Gasteiger partial charge in [-0.15, -0.1) is 0 Å². The predicted octanol–water partition coefficient (Wildman–Crippen LogP) is 1.69. The van der Waals surface area contributed by atoms with Crippen LogP contribution in [0.1, 0.15) is 32.6 Å². The fraction of sp³-hybridized carbons (Fsp3) is 0.529. The molecule has 2 aliphatic heterocycles. The number of esters is 4. The standard InChI is InChI=1S/C9H10O3.C8H8O3/c1-9-5-3-2-4-6(9)7(10)12-8(9)11;9-7-5-3-1-2-4-6(5)8(10)11-7/h3,5-6H,2,4H2,1H3;1,3,5-6H,2,4H2. The zero-order chi connectivity index (χ0) is 16.6. The molecule has 4 unspecified atom stereocenters. The summed E-state index contributed by atoms with van der Waals surface area (Å²) in [5.41, 5.74) is -0.671. The van der Waals surface area contributed by atoms with E-state index in [4.69, 9.17) is 0 Å². The lowest BCUT2D eigenvalue weighted by atomic mass is 9.73. The Balaban J connectivity index is 0.000000136. The molecule has 4 atom stereocenters. The highest BCUT2D eigenvalue weighted by molar-refractivity contribution is 6.00. The molecule has 0 radical (unpaired) electrons. The van der Waals surface area contributed by atoms with Crippen molar-refractivity contribution in [2.75, 3.05) is 0 Å². The van der Waals surface area contributed by atoms with E-state index in [0.29, 0.717) is 0 Å². The van der Waals surface area contributed by atoms with Gasteiger partial charge in [0, 0.05) is 0 Å². The van der Waals surface area contributed by atoms with Crippen molar-refractivity contribution in [3.05, 3.63) is 24.3 Å². The number of fused-ring (bicyclic) bond motifs is 2. The highest BCUT2D eigenvalue weighted by Gasteiger charge is 2.53. The van der Waals surface area contributed by atoms with Crippen LogP contribution in [0.5, 0.6) is 0 Å². The molecule has 0 aromatic rings. The third-order valence-electron chi connectivity index (χ3n) is 4.92. The van der Waals surface area contributed by atoms with Crippen molar-refractivity contribution in [3.63, 3.8) is 0 Å². The maximum Gasteiger partial charge on any atom is 0.324 e. The smallest absolute Gasteiger partial charge is 0.324 e. The molecule has 0 amide bonds. The minimum Gasteiger partial charge on any atom is -0.392 e. The Morgan fingerprint density at radius 3 is 2.39 bits per heavy atom. The second kappa shape index (κ2) is 5.76. The molecule has 6 heteroatoms. The van der Waals surface area contributed by atoms with E-state index < -0.39 is 11.4 Å². The molecule has 23 heavy (non-hydrogen) atoms. The second-order valence-electron chi connectivity index (χ2n) is 6.40. The van der Waals surface area contributed by atoms with Gasteiger partial charge in [0.1, 0.15) is 0 Å². The van der Waals surface area contributed by atoms with Gasteiger partial charge in [-0.05, 0) is 32.6 Å². The molecule has 2 saturated heterocycles. The normalized spacial score (nSPS) is 37.5. The van der Waals surface area contributed by atoms with E-state index in [9.17, 15) is 19.2 Å². The van der Waals surface area contributed by atoms with Gasteiger partial charge >= 0.3 is 23.9 Å². The highest BCUT2D eigenvalue weighted by atomic mass is 16.6. The predicted molar refractivity (Wildman–Crippen MR) is 77.5 cm³/mol. The Hall–Kier alpha value is -2.24. The molecule has 122 valence electrons. The molecular weight excluding hydrogens is 300 g/mol. The van der Waals surface area contributed by atoms with Crippen LogP contribution < -0.4 is 0 Å². The number of carbonyl (C=O) groups is 4. The molecule has 4 aliphatic rings. The van der Waals surface area contributed by atoms with Crippen LogP contribution in [0.15, 0.2) is 24.3 Å². The molecule has 0 spiro atoms. The molecule has 0 aromatic carbocycles. The Morgan fingerprint density at radius 2 is 1.70 bits per heavy atom. The first-order valence-electron chi connectivity index (χ1n) is 7.79. The number of carbonyl (C=O) groups excluding carboxylic acids is 4. The molecule has 0 saturated carbocycles. The van der Waals surface area contributed by atoms with E-state index in [1.165, 1.54) is 0 Å². The summed E-state index contributed by atoms with van der Waals surface area (Å²) >= 11 is 0. The van der Waals surface area contributed by atoms with E-state index in [1.54, 1.807) is 19.1 Å². The number of cyclic esters (lactones) is 4. The number of rotatable bonds is 0. The summed E-state index contributed by atoms with van der Waals surface area (Å²) in [6.07, 6.45) is 10.7. The third kappa shape index (κ3) is 2.62. The van der Waals surface area contributed by atoms with Gasteiger partial charge in [-0.3, -0.25) is 19.2 Å². The van der Waals surface area contributed by atoms with Gasteiger partial charge in [0.15, 0.2) is 0 Å². The van der Waals surface area contributed by atoms with Crippen molar-refractivity contribution in [1.82, 2.24) is 0 Å². The summed E-state index contributed by atoms with van der Waals surface area (Å²) in [7, 11) is 0. The van der Waals surface area contributed by atoms with Crippen LogP contribution in [0.25, 0.3) is 0 Å². The molecule has 2 fully saturated rings. The summed E-state index contributed by atoms with van der Waals surface area (Å²) in [5.74, 6) is -2.18. The first kappa shape index (κ1) is 15.6. The summed E-state index contributed by atoms with van der Waals surface area (Å²) in [6.45, 7) is 1.76. The Kier molecular flexibility index (Phi) is 3.92. The second-order valence-corrected chi connectivity index (χ2v) is 6.40. The topological polar surface area (TPSA) is 86.7 Å². The number of ether oxygens (including phenoxy) is 2. The maximum absolute atomic E-state index is 11.2. The molecule has 0 bridgehead atoms. The van der Waals surface area contributed by atoms with Crippen molar-refractivity contribution in [2.45, 2.75) is 32.6 Å². The van der Waals surface area contributed by atoms with Gasteiger partial charge in [-0.1, -0.05) is 24.3 Å². The summed E-state index contributed by atoms with van der Waals surface area (Å²) in [5, 5.41) is 0. The van der Waals surface area contributed by atoms with Crippen molar-refractivity contribution in [2.24, 2.45) is 23.2 Å². The van der Waals surface area contributed by atoms with E-state index in [1.807, 2.05) is 12.2 Å². The molecule has 2 heterocycles. The highest BCUT2D eigenvalue weighted by Crippen LogP contribution is 2.43. The van der Waals surface area contributed by atoms with Gasteiger partial charge in [-0.25, -0.2) is 0 Å². The third-order valence-corrected chi connectivity index (χ3v) is 4.92. The van der Waals surface area contributed by atoms with Gasteiger partial charge in [-0.2, -0.15) is 0 Å². The Labute approximate surface area is 133 Å². The fourth-order valence-corrected chi connectivity index (χ4v) is 3.43. The van der Waals surface area contributed by atoms with Crippen LogP contribution >= 0.6 is 0 Å². The number of hydrogen-bond acceptors (Lipinski definition) is 6. The quantitative estimate of drug-likeness (QED) is 0.384. The van der Waals surface area contributed by atoms with Crippen molar-refractivity contribution in [3.8, 4) is 0 Å². The van der Waals surface area contributed by atoms with Crippen LogP contribution in [0, 0.1) is 23.2 Å². The molecule has 2 aliphatic carbocycles. The lowest BCUT2D eigenvalue weighted by Gasteiger charge is -2.24. The zero-order valence-corrected chi connectivity index (χ0v) is 12.8. The van der Waals surface area contributed by atoms with Crippen LogP contribution in [0.2, 0.25) is 0 Å². The molecule has 0 N–H and O–H groups in total. The van der Waals surface area contributed by atoms with Gasteiger partial charge in [0.05, 0.1) is 23.2 Å². The first-order valence-corrected chi connectivity index (χ1v) is 7.79. The SMILES string of the molecule is CC12C=CCCC1C(=O)OC2=O.O=C1OC(=O)C2CCC=CC12. The summed E-state index contributed by atoms with van der Waals surface area (Å²) < 4.78 is 9.06. The molecule has 4 rings (SSSR count). The monoisotopic (exact) mass is 318 g/mol. The fourth-order valence-electron chi connectivity index (χ4n) is 3.43. The molecule has 6 nitrogen and oxygen atoms in total. The van der Waals surface area contributed by atoms with Gasteiger partial charge in [0.2, 0.25) is 0 Å². The number of hydrogen-bond donors (Lipinski definition) is 0. The average molecular weight is 318 g/mol. The zero-order valence-electron chi connectivity index (χ0n) is 12.8. The van der Waals surface area contributed by atoms with E-state index in [2.05, 4.69) is 9.47 Å². The first-order chi connectivity index (χ1) is 10.9. The summed E-state index contributed by atoms with van der Waals surface area (Å²) in [6, 6.07) is 0. The minimum absolute atomic E-state index is 0.188. The lowest BCUT2D eigenvalue weighted by Crippen LogP contribution is -2.30. The summed E-state index contributed by atoms with van der Waals surface area (Å²) in [4.78, 5) is 44.3. The van der Waals surface area contributed by atoms with Crippen molar-refractivity contribution < 1.29 is 28.7 Å². The minimum atomic E-state index is -0.671. The average Bonchev–Trinajstić information content (AvgIpc) is 2.95. The Morgan fingerprint density at radius 1 is 0.957 bits per heavy atom. The van der Waals surface area contributed by atoms with Crippen molar-refractivity contribution in [1.29, 1.82) is 0 Å². The largest absolute Gasteiger partial charge is 0.392 e. The van der Waals surface area contributed by atoms with E-state index >= 15 is 0 Å². The van der Waals surface area contributed by atoms with E-state index in [0.717, 1.165) is 25.7 Å². The van der Waals surface area contributed by atoms with Crippen LogP contribution in [-0.2, 0) is 28.7 Å². The molecule has 0 aromatic heterocycles. The van der Waals surface area contributed by atoms with Crippen LogP contribution in [0.4, 0.5) is 0 Å². The number of allylic oxidation sites excluding steroid dienone is 2. The Bertz CT molecular complexity index is 631. The van der Waals surface area contributed by atoms with Crippen LogP contribution in [-0.4, -0.2) is 23.9 Å². The lowest BCUT2D eigenvalue weighted by molar-refractivity contribution is -0.155. The maximum atomic E-state index is 11.2. The van der Waals surface area contributed by atoms with Crippen LogP contribution in [0.3, 0.4) is 0 Å². The molecular formula is C17H18O6. The van der Waals surface area contributed by atoms with Gasteiger partial charge < -0.3 is 9.47 Å².